The second-order valence-electron chi connectivity index (χ2n) is 7.50. The number of ether oxygens (including phenoxy) is 1. The van der Waals surface area contributed by atoms with E-state index in [0.29, 0.717) is 30.8 Å². The molecule has 7 nitrogen and oxygen atoms in total. The van der Waals surface area contributed by atoms with E-state index in [2.05, 4.69) is 39.6 Å². The Bertz CT molecular complexity index is 785. The van der Waals surface area contributed by atoms with Gasteiger partial charge in [0.1, 0.15) is 6.10 Å². The second-order valence-corrected chi connectivity index (χ2v) is 7.50. The predicted molar refractivity (Wildman–Crippen MR) is 129 cm³/mol. The molecular weight excluding hydrogens is 493 g/mol. The van der Waals surface area contributed by atoms with E-state index < -0.39 is 0 Å². The lowest BCUT2D eigenvalue weighted by Gasteiger charge is -2.16. The Morgan fingerprint density at radius 1 is 1.23 bits per heavy atom. The van der Waals surface area contributed by atoms with E-state index in [-0.39, 0.29) is 30.1 Å². The molecule has 30 heavy (non-hydrogen) atoms. The predicted octanol–water partition coefficient (Wildman–Crippen LogP) is 4.78. The average molecular weight is 527 g/mol. The monoisotopic (exact) mass is 527 g/mol. The van der Waals surface area contributed by atoms with Crippen LogP contribution in [0.15, 0.2) is 33.9 Å². The first kappa shape index (κ1) is 24.4. The molecule has 2 aromatic rings. The molecule has 0 amide bonds. The molecule has 166 valence electrons. The van der Waals surface area contributed by atoms with E-state index in [1.807, 2.05) is 18.2 Å². The first-order chi connectivity index (χ1) is 14.2. The Hall–Kier alpha value is -1.84. The lowest BCUT2D eigenvalue weighted by molar-refractivity contribution is 0.199. The smallest absolute Gasteiger partial charge is 0.218 e. The van der Waals surface area contributed by atoms with Crippen LogP contribution in [-0.2, 0) is 13.1 Å². The number of nitrogens with one attached hydrogen (secondary N) is 2. The van der Waals surface area contributed by atoms with Gasteiger partial charge in [-0.15, -0.1) is 24.0 Å². The first-order valence-electron chi connectivity index (χ1n) is 10.7. The van der Waals surface area contributed by atoms with Crippen molar-refractivity contribution in [2.45, 2.75) is 77.5 Å². The van der Waals surface area contributed by atoms with Crippen LogP contribution in [0.2, 0.25) is 0 Å². The molecule has 2 aromatic heterocycles. The van der Waals surface area contributed by atoms with Crippen LogP contribution in [0.1, 0.15) is 75.3 Å². The molecule has 0 aromatic carbocycles. The van der Waals surface area contributed by atoms with Gasteiger partial charge in [0.2, 0.25) is 5.88 Å². The summed E-state index contributed by atoms with van der Waals surface area (Å²) >= 11 is 0. The Kier molecular flexibility index (Phi) is 10.4. The highest BCUT2D eigenvalue weighted by Crippen LogP contribution is 2.25. The number of hydrogen-bond donors (Lipinski definition) is 2. The zero-order valence-electron chi connectivity index (χ0n) is 18.2. The van der Waals surface area contributed by atoms with Crippen LogP contribution < -0.4 is 15.4 Å². The average Bonchev–Trinajstić information content (AvgIpc) is 3.43. The van der Waals surface area contributed by atoms with Crippen LogP contribution in [0.4, 0.5) is 0 Å². The first-order valence-corrected chi connectivity index (χ1v) is 10.7. The largest absolute Gasteiger partial charge is 0.474 e. The number of guanidine groups is 1. The van der Waals surface area contributed by atoms with Crippen molar-refractivity contribution in [3.63, 3.8) is 0 Å². The molecule has 8 heteroatoms. The van der Waals surface area contributed by atoms with Crippen LogP contribution >= 0.6 is 24.0 Å². The number of hydrogen-bond acceptors (Lipinski definition) is 5. The van der Waals surface area contributed by atoms with Gasteiger partial charge in [0.05, 0.1) is 12.2 Å². The molecule has 0 bridgehead atoms. The topological polar surface area (TPSA) is 84.6 Å². The second kappa shape index (κ2) is 12.8. The summed E-state index contributed by atoms with van der Waals surface area (Å²) in [6, 6.07) is 6.01. The Morgan fingerprint density at radius 2 is 1.97 bits per heavy atom. The highest BCUT2D eigenvalue weighted by Gasteiger charge is 2.18. The van der Waals surface area contributed by atoms with Gasteiger partial charge < -0.3 is 19.9 Å². The SMILES string of the molecule is CCC(CC)c1cc(CNC(=NC)NCc2cccnc2OC2CCCC2)on1.I. The van der Waals surface area contributed by atoms with Crippen LogP contribution in [0.5, 0.6) is 5.88 Å². The van der Waals surface area contributed by atoms with Crippen LogP contribution in [0, 0.1) is 0 Å². The van der Waals surface area contributed by atoms with Crippen molar-refractivity contribution in [1.29, 1.82) is 0 Å². The molecule has 0 atom stereocenters. The summed E-state index contributed by atoms with van der Waals surface area (Å²) in [4.78, 5) is 8.73. The van der Waals surface area contributed by atoms with Crippen LogP contribution in [0.3, 0.4) is 0 Å². The Balaban J connectivity index is 0.00000320. The molecule has 0 saturated heterocycles. The fourth-order valence-electron chi connectivity index (χ4n) is 3.71. The Labute approximate surface area is 196 Å². The molecule has 0 radical (unpaired) electrons. The summed E-state index contributed by atoms with van der Waals surface area (Å²) in [6.07, 6.45) is 8.90. The summed E-state index contributed by atoms with van der Waals surface area (Å²) in [7, 11) is 1.75. The van der Waals surface area contributed by atoms with Crippen molar-refractivity contribution >= 4 is 29.9 Å². The molecule has 1 fully saturated rings. The van der Waals surface area contributed by atoms with E-state index in [1.165, 1.54) is 12.8 Å². The molecular formula is C22H34IN5O2. The molecule has 0 unspecified atom stereocenters. The van der Waals surface area contributed by atoms with Crippen molar-refractivity contribution in [2.75, 3.05) is 7.05 Å². The molecule has 1 aliphatic carbocycles. The molecule has 2 heterocycles. The fourth-order valence-corrected chi connectivity index (χ4v) is 3.71. The van der Waals surface area contributed by atoms with Crippen molar-refractivity contribution in [3.05, 3.63) is 41.4 Å². The number of pyridine rings is 1. The lowest BCUT2D eigenvalue weighted by atomic mass is 9.99. The third-order valence-corrected chi connectivity index (χ3v) is 5.51. The summed E-state index contributed by atoms with van der Waals surface area (Å²) in [5, 5.41) is 10.8. The summed E-state index contributed by atoms with van der Waals surface area (Å²) in [5.41, 5.74) is 2.05. The van der Waals surface area contributed by atoms with E-state index in [1.54, 1.807) is 13.2 Å². The van der Waals surface area contributed by atoms with Gasteiger partial charge in [-0.1, -0.05) is 25.1 Å². The third-order valence-electron chi connectivity index (χ3n) is 5.51. The van der Waals surface area contributed by atoms with Gasteiger partial charge in [-0.2, -0.15) is 0 Å². The van der Waals surface area contributed by atoms with E-state index in [0.717, 1.165) is 42.7 Å². The van der Waals surface area contributed by atoms with Gasteiger partial charge in [0.15, 0.2) is 11.7 Å². The summed E-state index contributed by atoms with van der Waals surface area (Å²) < 4.78 is 11.6. The molecule has 3 rings (SSSR count). The highest BCUT2D eigenvalue weighted by atomic mass is 127. The van der Waals surface area contributed by atoms with Crippen LogP contribution in [-0.4, -0.2) is 29.3 Å². The molecule has 1 saturated carbocycles. The minimum absolute atomic E-state index is 0. The standard InChI is InChI=1S/C22H33N5O2.HI/c1-4-16(5-2)20-13-19(29-27-20)15-26-22(23-3)25-14-17-9-8-12-24-21(17)28-18-10-6-7-11-18;/h8-9,12-13,16,18H,4-7,10-11,14-15H2,1-3H3,(H2,23,25,26);1H. The third kappa shape index (κ3) is 6.85. The van der Waals surface area contributed by atoms with E-state index in [4.69, 9.17) is 9.26 Å². The maximum Gasteiger partial charge on any atom is 0.218 e. The molecule has 0 aliphatic heterocycles. The number of nitrogens with zero attached hydrogens (tertiary/aromatic N) is 3. The van der Waals surface area contributed by atoms with Crippen molar-refractivity contribution < 1.29 is 9.26 Å². The minimum atomic E-state index is 0. The lowest BCUT2D eigenvalue weighted by Crippen LogP contribution is -2.36. The fraction of sp³-hybridized carbons (Fsp3) is 0.591. The molecule has 1 aliphatic rings. The number of halogens is 1. The quantitative estimate of drug-likeness (QED) is 0.278. The Morgan fingerprint density at radius 3 is 2.67 bits per heavy atom. The number of aliphatic imine (C=N–C) groups is 1. The van der Waals surface area contributed by atoms with Gasteiger partial charge in [0.25, 0.3) is 0 Å². The number of aromatic nitrogens is 2. The van der Waals surface area contributed by atoms with Gasteiger partial charge >= 0.3 is 0 Å². The minimum Gasteiger partial charge on any atom is -0.474 e. The molecule has 2 N–H and O–H groups in total. The van der Waals surface area contributed by atoms with E-state index in [9.17, 15) is 0 Å². The van der Waals surface area contributed by atoms with Crippen LogP contribution in [0.25, 0.3) is 0 Å². The maximum absolute atomic E-state index is 6.11. The van der Waals surface area contributed by atoms with Gasteiger partial charge in [0, 0.05) is 37.3 Å². The van der Waals surface area contributed by atoms with Crippen molar-refractivity contribution in [1.82, 2.24) is 20.8 Å². The summed E-state index contributed by atoms with van der Waals surface area (Å²) in [5.74, 6) is 2.67. The van der Waals surface area contributed by atoms with E-state index >= 15 is 0 Å². The zero-order chi connectivity index (χ0) is 20.5. The van der Waals surface area contributed by atoms with Gasteiger partial charge in [-0.05, 0) is 44.6 Å². The highest BCUT2D eigenvalue weighted by molar-refractivity contribution is 14.0. The zero-order valence-corrected chi connectivity index (χ0v) is 20.5. The normalized spacial score (nSPS) is 14.6. The van der Waals surface area contributed by atoms with Gasteiger partial charge in [-0.3, -0.25) is 4.99 Å². The van der Waals surface area contributed by atoms with Crippen molar-refractivity contribution in [2.24, 2.45) is 4.99 Å². The number of rotatable bonds is 9. The van der Waals surface area contributed by atoms with Crippen molar-refractivity contribution in [3.8, 4) is 5.88 Å². The van der Waals surface area contributed by atoms with Gasteiger partial charge in [-0.25, -0.2) is 4.98 Å². The summed E-state index contributed by atoms with van der Waals surface area (Å²) in [6.45, 7) is 5.47. The maximum atomic E-state index is 6.11. The molecule has 0 spiro atoms.